The number of rotatable bonds is 4. The van der Waals surface area contributed by atoms with Gasteiger partial charge in [0.05, 0.1) is 6.10 Å². The number of hydrogen-bond acceptors (Lipinski definition) is 3. The first kappa shape index (κ1) is 16.0. The van der Waals surface area contributed by atoms with Gasteiger partial charge in [-0.05, 0) is 31.7 Å². The standard InChI is InChI=1S/C18H24N2O3/c1-12-4-6-13(7-5-12)17-14(3-2-10-23-17)11-19-18(22)15-8-9-16(21)20-15/h4-7,14-15,17H,2-3,8-11H2,1H3,(H,19,22)(H,20,21)/t14-,15-,17+/m1/s1. The van der Waals surface area contributed by atoms with Crippen molar-refractivity contribution in [1.82, 2.24) is 10.6 Å². The van der Waals surface area contributed by atoms with E-state index in [4.69, 9.17) is 4.74 Å². The minimum absolute atomic E-state index is 0.0304. The lowest BCUT2D eigenvalue weighted by Gasteiger charge is -2.32. The summed E-state index contributed by atoms with van der Waals surface area (Å²) in [5, 5.41) is 5.70. The molecule has 2 saturated heterocycles. The highest BCUT2D eigenvalue weighted by atomic mass is 16.5. The van der Waals surface area contributed by atoms with E-state index in [1.807, 2.05) is 0 Å². The molecular formula is C18H24N2O3. The van der Waals surface area contributed by atoms with Crippen LogP contribution in [0.1, 0.15) is 42.9 Å². The number of aryl methyl sites for hydroxylation is 1. The second kappa shape index (κ2) is 7.13. The quantitative estimate of drug-likeness (QED) is 0.891. The molecule has 2 aliphatic heterocycles. The summed E-state index contributed by atoms with van der Waals surface area (Å²) in [6.45, 7) is 3.42. The first-order valence-corrected chi connectivity index (χ1v) is 8.39. The van der Waals surface area contributed by atoms with Gasteiger partial charge >= 0.3 is 0 Å². The molecule has 5 heteroatoms. The molecule has 0 aliphatic carbocycles. The molecule has 0 radical (unpaired) electrons. The molecule has 2 N–H and O–H groups in total. The largest absolute Gasteiger partial charge is 0.373 e. The van der Waals surface area contributed by atoms with Crippen molar-refractivity contribution in [3.63, 3.8) is 0 Å². The molecule has 0 aromatic heterocycles. The number of amides is 2. The van der Waals surface area contributed by atoms with E-state index < -0.39 is 0 Å². The average molecular weight is 316 g/mol. The molecule has 3 atom stereocenters. The number of ether oxygens (including phenoxy) is 1. The topological polar surface area (TPSA) is 67.4 Å². The lowest BCUT2D eigenvalue weighted by molar-refractivity contribution is -0.126. The predicted molar refractivity (Wildman–Crippen MR) is 86.8 cm³/mol. The molecule has 2 aliphatic rings. The first-order valence-electron chi connectivity index (χ1n) is 8.39. The van der Waals surface area contributed by atoms with Gasteiger partial charge in [-0.2, -0.15) is 0 Å². The molecule has 2 amide bonds. The maximum atomic E-state index is 12.2. The zero-order valence-electron chi connectivity index (χ0n) is 13.5. The first-order chi connectivity index (χ1) is 11.1. The molecular weight excluding hydrogens is 292 g/mol. The van der Waals surface area contributed by atoms with Crippen LogP contribution in [0.2, 0.25) is 0 Å². The van der Waals surface area contributed by atoms with Gasteiger partial charge in [-0.25, -0.2) is 0 Å². The maximum absolute atomic E-state index is 12.2. The second-order valence-corrected chi connectivity index (χ2v) is 6.51. The summed E-state index contributed by atoms with van der Waals surface area (Å²) in [6, 6.07) is 8.03. The molecule has 124 valence electrons. The van der Waals surface area contributed by atoms with E-state index in [1.165, 1.54) is 11.1 Å². The summed E-state index contributed by atoms with van der Waals surface area (Å²) >= 11 is 0. The van der Waals surface area contributed by atoms with Crippen molar-refractivity contribution in [3.05, 3.63) is 35.4 Å². The van der Waals surface area contributed by atoms with Gasteiger partial charge in [-0.3, -0.25) is 9.59 Å². The lowest BCUT2D eigenvalue weighted by atomic mass is 9.89. The van der Waals surface area contributed by atoms with Crippen LogP contribution in [0.4, 0.5) is 0 Å². The Morgan fingerprint density at radius 2 is 2.09 bits per heavy atom. The normalized spacial score (nSPS) is 27.5. The van der Waals surface area contributed by atoms with E-state index in [-0.39, 0.29) is 29.9 Å². The Balaban J connectivity index is 1.59. The van der Waals surface area contributed by atoms with E-state index in [2.05, 4.69) is 41.8 Å². The van der Waals surface area contributed by atoms with Crippen molar-refractivity contribution >= 4 is 11.8 Å². The lowest BCUT2D eigenvalue weighted by Crippen LogP contribution is -2.44. The van der Waals surface area contributed by atoms with Gasteiger partial charge in [0.2, 0.25) is 11.8 Å². The van der Waals surface area contributed by atoms with Crippen LogP contribution in [0, 0.1) is 12.8 Å². The Morgan fingerprint density at radius 3 is 2.78 bits per heavy atom. The van der Waals surface area contributed by atoms with Crippen molar-refractivity contribution in [2.45, 2.75) is 44.8 Å². The minimum Gasteiger partial charge on any atom is -0.373 e. The van der Waals surface area contributed by atoms with E-state index in [0.29, 0.717) is 19.4 Å². The highest BCUT2D eigenvalue weighted by Gasteiger charge is 2.30. The molecule has 0 spiro atoms. The molecule has 5 nitrogen and oxygen atoms in total. The Kier molecular flexibility index (Phi) is 4.96. The minimum atomic E-state index is -0.371. The zero-order chi connectivity index (χ0) is 16.2. The Hall–Kier alpha value is -1.88. The highest BCUT2D eigenvalue weighted by Crippen LogP contribution is 2.33. The number of benzene rings is 1. The Labute approximate surface area is 136 Å². The number of carbonyl (C=O) groups excluding carboxylic acids is 2. The maximum Gasteiger partial charge on any atom is 0.242 e. The van der Waals surface area contributed by atoms with Crippen LogP contribution in [-0.2, 0) is 14.3 Å². The summed E-state index contributed by atoms with van der Waals surface area (Å²) in [7, 11) is 0. The summed E-state index contributed by atoms with van der Waals surface area (Å²) in [6.07, 6.45) is 3.12. The van der Waals surface area contributed by atoms with E-state index >= 15 is 0 Å². The Morgan fingerprint density at radius 1 is 1.30 bits per heavy atom. The van der Waals surface area contributed by atoms with Crippen LogP contribution in [0.25, 0.3) is 0 Å². The Bertz CT molecular complexity index is 570. The van der Waals surface area contributed by atoms with Crippen molar-refractivity contribution in [1.29, 1.82) is 0 Å². The SMILES string of the molecule is Cc1ccc([C@@H]2OCCC[C@@H]2CNC(=O)[C@H]2CCC(=O)N2)cc1. The van der Waals surface area contributed by atoms with Gasteiger partial charge in [0.15, 0.2) is 0 Å². The number of hydrogen-bond donors (Lipinski definition) is 2. The fourth-order valence-corrected chi connectivity index (χ4v) is 3.34. The van der Waals surface area contributed by atoms with Crippen LogP contribution < -0.4 is 10.6 Å². The molecule has 1 aromatic carbocycles. The number of nitrogens with one attached hydrogen (secondary N) is 2. The van der Waals surface area contributed by atoms with Crippen LogP contribution in [0.5, 0.6) is 0 Å². The van der Waals surface area contributed by atoms with Crippen molar-refractivity contribution < 1.29 is 14.3 Å². The van der Waals surface area contributed by atoms with Crippen molar-refractivity contribution in [3.8, 4) is 0 Å². The second-order valence-electron chi connectivity index (χ2n) is 6.51. The third-order valence-corrected chi connectivity index (χ3v) is 4.70. The zero-order valence-corrected chi connectivity index (χ0v) is 13.5. The van der Waals surface area contributed by atoms with Crippen LogP contribution in [0.3, 0.4) is 0 Å². The predicted octanol–water partition coefficient (Wildman–Crippen LogP) is 1.86. The summed E-state index contributed by atoms with van der Waals surface area (Å²) in [4.78, 5) is 23.4. The van der Waals surface area contributed by atoms with Crippen molar-refractivity contribution in [2.75, 3.05) is 13.2 Å². The van der Waals surface area contributed by atoms with Gasteiger partial charge in [-0.1, -0.05) is 29.8 Å². The molecule has 0 unspecified atom stereocenters. The molecule has 0 saturated carbocycles. The van der Waals surface area contributed by atoms with Crippen LogP contribution in [-0.4, -0.2) is 31.0 Å². The van der Waals surface area contributed by atoms with Crippen molar-refractivity contribution in [2.24, 2.45) is 5.92 Å². The molecule has 2 heterocycles. The van der Waals surface area contributed by atoms with Crippen LogP contribution in [0.15, 0.2) is 24.3 Å². The van der Waals surface area contributed by atoms with Gasteiger partial charge in [0, 0.05) is 25.5 Å². The summed E-state index contributed by atoms with van der Waals surface area (Å²) in [5.74, 6) is 0.153. The molecule has 0 bridgehead atoms. The monoisotopic (exact) mass is 316 g/mol. The highest BCUT2D eigenvalue weighted by molar-refractivity contribution is 5.90. The molecule has 23 heavy (non-hydrogen) atoms. The summed E-state index contributed by atoms with van der Waals surface area (Å²) < 4.78 is 5.97. The van der Waals surface area contributed by atoms with Gasteiger partial charge in [0.25, 0.3) is 0 Å². The molecule has 2 fully saturated rings. The summed E-state index contributed by atoms with van der Waals surface area (Å²) in [5.41, 5.74) is 2.40. The van der Waals surface area contributed by atoms with E-state index in [9.17, 15) is 9.59 Å². The fourth-order valence-electron chi connectivity index (χ4n) is 3.34. The molecule has 1 aromatic rings. The van der Waals surface area contributed by atoms with Gasteiger partial charge in [0.1, 0.15) is 6.04 Å². The van der Waals surface area contributed by atoms with Gasteiger partial charge < -0.3 is 15.4 Å². The smallest absolute Gasteiger partial charge is 0.242 e. The third-order valence-electron chi connectivity index (χ3n) is 4.70. The van der Waals surface area contributed by atoms with E-state index in [1.54, 1.807) is 0 Å². The van der Waals surface area contributed by atoms with Gasteiger partial charge in [-0.15, -0.1) is 0 Å². The van der Waals surface area contributed by atoms with E-state index in [0.717, 1.165) is 19.4 Å². The average Bonchev–Trinajstić information content (AvgIpc) is 3.00. The number of carbonyl (C=O) groups is 2. The van der Waals surface area contributed by atoms with Crippen LogP contribution >= 0.6 is 0 Å². The molecule has 3 rings (SSSR count). The fraction of sp³-hybridized carbons (Fsp3) is 0.556. The third kappa shape index (κ3) is 3.91.